The van der Waals surface area contributed by atoms with E-state index in [1.165, 1.54) is 36.1 Å². The molecule has 0 radical (unpaired) electrons. The van der Waals surface area contributed by atoms with Crippen LogP contribution < -0.4 is 15.9 Å². The molecule has 212 valence electrons. The van der Waals surface area contributed by atoms with Crippen LogP contribution in [0.5, 0.6) is 0 Å². The van der Waals surface area contributed by atoms with E-state index in [0.717, 1.165) is 27.7 Å². The molecular weight excluding hydrogens is 571 g/mol. The Bertz CT molecular complexity index is 1580. The Labute approximate surface area is 247 Å². The van der Waals surface area contributed by atoms with Crippen LogP contribution in [-0.4, -0.2) is 44.0 Å². The second-order valence-corrected chi connectivity index (χ2v) is 14.2. The maximum absolute atomic E-state index is 14.4. The summed E-state index contributed by atoms with van der Waals surface area (Å²) in [5, 5.41) is 12.9. The van der Waals surface area contributed by atoms with Crippen LogP contribution in [0.2, 0.25) is 0 Å². The largest absolute Gasteiger partial charge is 0.456 e. The van der Waals surface area contributed by atoms with Gasteiger partial charge in [-0.3, -0.25) is 19.7 Å². The standard InChI is InChI=1S/C32H27N2O6PS/c1-23(35)42-29-21-33(30(29)36)31(32(37)40-22-24-17-19-25(20-18-24)34(38)39)41(26-11-5-2-6-12-26,27-13-7-3-8-14-27)28-15-9-4-10-16-28/h2-20,29H,21-22H2,1H3. The molecule has 1 heterocycles. The fourth-order valence-electron chi connectivity index (χ4n) is 5.00. The SMILES string of the molecule is CC(=O)SC1CN(C(C(=O)OCc2ccc([N+](=O)[O-])cc2)=P(c2ccccc2)(c2ccccc2)c2ccccc2)C1=O. The lowest BCUT2D eigenvalue weighted by Crippen LogP contribution is -2.61. The second kappa shape index (κ2) is 12.6. The fraction of sp³-hybridized carbons (Fsp3) is 0.125. The number of nitrogens with zero attached hydrogens (tertiary/aromatic N) is 2. The molecule has 4 aromatic carbocycles. The number of amides is 1. The molecule has 42 heavy (non-hydrogen) atoms. The first kappa shape index (κ1) is 29.0. The van der Waals surface area contributed by atoms with E-state index in [1.54, 1.807) is 0 Å². The Kier molecular flexibility index (Phi) is 8.71. The third-order valence-electron chi connectivity index (χ3n) is 6.90. The van der Waals surface area contributed by atoms with Gasteiger partial charge in [-0.05, 0) is 33.6 Å². The Hall–Kier alpha value is -4.46. The van der Waals surface area contributed by atoms with Crippen molar-refractivity contribution in [1.82, 2.24) is 4.90 Å². The number of benzene rings is 4. The summed E-state index contributed by atoms with van der Waals surface area (Å²) in [5.74, 6) is -0.998. The third kappa shape index (κ3) is 5.66. The van der Waals surface area contributed by atoms with E-state index >= 15 is 0 Å². The summed E-state index contributed by atoms with van der Waals surface area (Å²) >= 11 is 0.956. The molecule has 0 spiro atoms. The van der Waals surface area contributed by atoms with Crippen LogP contribution in [0.4, 0.5) is 5.69 Å². The van der Waals surface area contributed by atoms with E-state index in [4.69, 9.17) is 4.74 Å². The summed E-state index contributed by atoms with van der Waals surface area (Å²) in [4.78, 5) is 51.9. The van der Waals surface area contributed by atoms with E-state index in [2.05, 4.69) is 0 Å². The monoisotopic (exact) mass is 598 g/mol. The summed E-state index contributed by atoms with van der Waals surface area (Å²) < 4.78 is 5.90. The number of non-ortho nitro benzene ring substituents is 1. The lowest BCUT2D eigenvalue weighted by Gasteiger charge is -2.43. The molecule has 1 aliphatic rings. The van der Waals surface area contributed by atoms with Crippen LogP contribution in [0, 0.1) is 10.1 Å². The van der Waals surface area contributed by atoms with Gasteiger partial charge < -0.3 is 9.64 Å². The Morgan fingerprint density at radius 2 is 1.33 bits per heavy atom. The van der Waals surface area contributed by atoms with Crippen molar-refractivity contribution in [2.75, 3.05) is 6.54 Å². The van der Waals surface area contributed by atoms with Gasteiger partial charge in [0.15, 0.2) is 5.12 Å². The molecule has 1 saturated heterocycles. The number of carbonyl (C=O) groups excluding carboxylic acids is 3. The summed E-state index contributed by atoms with van der Waals surface area (Å²) in [6.45, 7) is -1.57. The second-order valence-electron chi connectivity index (χ2n) is 9.55. The van der Waals surface area contributed by atoms with Gasteiger partial charge >= 0.3 is 5.97 Å². The van der Waals surface area contributed by atoms with Crippen LogP contribution in [0.1, 0.15) is 12.5 Å². The molecule has 1 aliphatic heterocycles. The van der Waals surface area contributed by atoms with Crippen molar-refractivity contribution in [3.8, 4) is 0 Å². The fourth-order valence-corrected chi connectivity index (χ4v) is 10.2. The molecule has 5 rings (SSSR count). The summed E-state index contributed by atoms with van der Waals surface area (Å²) in [6, 6.07) is 34.7. The average Bonchev–Trinajstić information content (AvgIpc) is 3.02. The molecule has 1 amide bonds. The highest BCUT2D eigenvalue weighted by molar-refractivity contribution is 8.14. The number of nitro benzene ring substituents is 1. The Morgan fingerprint density at radius 3 is 1.74 bits per heavy atom. The molecule has 10 heteroatoms. The number of ether oxygens (including phenoxy) is 1. The van der Waals surface area contributed by atoms with Crippen molar-refractivity contribution >= 4 is 62.7 Å². The molecule has 1 unspecified atom stereocenters. The predicted octanol–water partition coefficient (Wildman–Crippen LogP) is 4.25. The van der Waals surface area contributed by atoms with Crippen LogP contribution in [0.3, 0.4) is 0 Å². The first-order chi connectivity index (χ1) is 20.3. The van der Waals surface area contributed by atoms with Gasteiger partial charge in [-0.15, -0.1) is 0 Å². The zero-order valence-corrected chi connectivity index (χ0v) is 24.4. The number of hydrogen-bond acceptors (Lipinski definition) is 7. The minimum absolute atomic E-state index is 0.0697. The molecular formula is C32H27N2O6PS. The van der Waals surface area contributed by atoms with Crippen molar-refractivity contribution in [3.63, 3.8) is 0 Å². The molecule has 4 aromatic rings. The highest BCUT2D eigenvalue weighted by atomic mass is 32.2. The predicted molar refractivity (Wildman–Crippen MR) is 167 cm³/mol. The molecule has 8 nitrogen and oxygen atoms in total. The van der Waals surface area contributed by atoms with E-state index in [0.29, 0.717) is 5.56 Å². The van der Waals surface area contributed by atoms with Crippen molar-refractivity contribution in [3.05, 3.63) is 131 Å². The zero-order chi connectivity index (χ0) is 29.7. The van der Waals surface area contributed by atoms with Gasteiger partial charge in [0.1, 0.15) is 17.3 Å². The highest BCUT2D eigenvalue weighted by Gasteiger charge is 2.47. The summed E-state index contributed by atoms with van der Waals surface area (Å²) in [5.41, 5.74) is 0.717. The number of nitro groups is 1. The first-order valence-corrected chi connectivity index (χ1v) is 15.8. The molecule has 0 saturated carbocycles. The minimum Gasteiger partial charge on any atom is -0.456 e. The van der Waals surface area contributed by atoms with Crippen molar-refractivity contribution < 1.29 is 24.0 Å². The molecule has 0 aromatic heterocycles. The molecule has 0 N–H and O–H groups in total. The smallest absolute Gasteiger partial charge is 0.356 e. The maximum atomic E-state index is 14.4. The number of hydrogen-bond donors (Lipinski definition) is 0. The van der Waals surface area contributed by atoms with Crippen LogP contribution in [0.15, 0.2) is 115 Å². The van der Waals surface area contributed by atoms with Crippen molar-refractivity contribution in [2.24, 2.45) is 0 Å². The molecule has 1 fully saturated rings. The topological polar surface area (TPSA) is 107 Å². The van der Waals surface area contributed by atoms with Crippen molar-refractivity contribution in [1.29, 1.82) is 0 Å². The van der Waals surface area contributed by atoms with Gasteiger partial charge in [0.2, 0.25) is 5.91 Å². The highest BCUT2D eigenvalue weighted by Crippen LogP contribution is 2.48. The Morgan fingerprint density at radius 1 is 0.857 bits per heavy atom. The van der Waals surface area contributed by atoms with Gasteiger partial charge in [-0.2, -0.15) is 0 Å². The van der Waals surface area contributed by atoms with E-state index in [1.807, 2.05) is 91.0 Å². The van der Waals surface area contributed by atoms with Gasteiger partial charge in [0.05, 0.1) is 4.92 Å². The average molecular weight is 599 g/mol. The summed E-state index contributed by atoms with van der Waals surface area (Å²) in [6.07, 6.45) is 0. The normalized spacial score (nSPS) is 14.5. The zero-order valence-electron chi connectivity index (χ0n) is 22.7. The Balaban J connectivity index is 1.74. The van der Waals surface area contributed by atoms with Crippen LogP contribution in [-0.2, 0) is 25.7 Å². The van der Waals surface area contributed by atoms with Gasteiger partial charge in [0, 0.05) is 32.5 Å². The molecule has 0 bridgehead atoms. The molecule has 0 aliphatic carbocycles. The van der Waals surface area contributed by atoms with Gasteiger partial charge in [-0.25, -0.2) is 4.79 Å². The van der Waals surface area contributed by atoms with Gasteiger partial charge in [-0.1, -0.05) is 103 Å². The third-order valence-corrected chi connectivity index (χ3v) is 12.1. The number of likely N-dealkylation sites (tertiary alicyclic amines) is 1. The quantitative estimate of drug-likeness (QED) is 0.0932. The lowest BCUT2D eigenvalue weighted by molar-refractivity contribution is -0.384. The summed E-state index contributed by atoms with van der Waals surface area (Å²) in [7, 11) is 0. The van der Waals surface area contributed by atoms with Crippen LogP contribution >= 0.6 is 18.6 Å². The van der Waals surface area contributed by atoms with Crippen molar-refractivity contribution in [2.45, 2.75) is 18.8 Å². The number of carbonyl (C=O) groups is 3. The van der Waals surface area contributed by atoms with Gasteiger partial charge in [0.25, 0.3) is 5.69 Å². The first-order valence-electron chi connectivity index (χ1n) is 13.1. The minimum atomic E-state index is -3.02. The maximum Gasteiger partial charge on any atom is 0.356 e. The van der Waals surface area contributed by atoms with Crippen LogP contribution in [0.25, 0.3) is 0 Å². The van der Waals surface area contributed by atoms with E-state index in [-0.39, 0.29) is 35.3 Å². The number of esters is 1. The number of thioether (sulfide) groups is 1. The number of rotatable bonds is 9. The van der Waals surface area contributed by atoms with E-state index < -0.39 is 23.0 Å². The molecule has 1 atom stereocenters. The van der Waals surface area contributed by atoms with E-state index in [9.17, 15) is 24.5 Å². The lowest BCUT2D eigenvalue weighted by atomic mass is 10.2. The number of β-lactam (4-membered cyclic amide) rings is 1.